The van der Waals surface area contributed by atoms with Gasteiger partial charge in [0.1, 0.15) is 11.6 Å². The zero-order chi connectivity index (χ0) is 19.1. The molecule has 5 rings (SSSR count). The predicted octanol–water partition coefficient (Wildman–Crippen LogP) is 4.28. The van der Waals surface area contributed by atoms with Crippen molar-refractivity contribution in [2.24, 2.45) is 0 Å². The van der Waals surface area contributed by atoms with E-state index in [2.05, 4.69) is 4.90 Å². The second kappa shape index (κ2) is 7.17. The monoisotopic (exact) mass is 380 g/mol. The number of aromatic nitrogens is 3. The van der Waals surface area contributed by atoms with Crippen LogP contribution in [0.2, 0.25) is 0 Å². The van der Waals surface area contributed by atoms with E-state index in [1.165, 1.54) is 44.4 Å². The SMILES string of the molecule is COc1ccc(F)cc1-c1ccc2nc(C3CCCN(C4CCC4)C3)nn2c1. The van der Waals surface area contributed by atoms with Crippen molar-refractivity contribution in [3.8, 4) is 16.9 Å². The topological polar surface area (TPSA) is 42.7 Å². The van der Waals surface area contributed by atoms with Crippen LogP contribution < -0.4 is 4.74 Å². The lowest BCUT2D eigenvalue weighted by atomic mass is 9.87. The van der Waals surface area contributed by atoms with Gasteiger partial charge in [-0.3, -0.25) is 4.90 Å². The van der Waals surface area contributed by atoms with Gasteiger partial charge in [-0.05, 0) is 62.6 Å². The van der Waals surface area contributed by atoms with Crippen molar-refractivity contribution in [3.63, 3.8) is 0 Å². The highest BCUT2D eigenvalue weighted by molar-refractivity contribution is 5.71. The smallest absolute Gasteiger partial charge is 0.156 e. The minimum absolute atomic E-state index is 0.284. The Labute approximate surface area is 164 Å². The average molecular weight is 380 g/mol. The van der Waals surface area contributed by atoms with Crippen molar-refractivity contribution in [2.75, 3.05) is 20.2 Å². The Morgan fingerprint density at radius 3 is 2.79 bits per heavy atom. The molecule has 6 heteroatoms. The third kappa shape index (κ3) is 3.15. The van der Waals surface area contributed by atoms with Gasteiger partial charge in [0.05, 0.1) is 7.11 Å². The summed E-state index contributed by atoms with van der Waals surface area (Å²) in [6, 6.07) is 9.22. The molecule has 1 saturated heterocycles. The lowest BCUT2D eigenvalue weighted by molar-refractivity contribution is 0.0929. The number of hydrogen-bond acceptors (Lipinski definition) is 4. The molecule has 1 aliphatic heterocycles. The van der Waals surface area contributed by atoms with Gasteiger partial charge < -0.3 is 4.74 Å². The van der Waals surface area contributed by atoms with Crippen molar-refractivity contribution in [2.45, 2.75) is 44.1 Å². The predicted molar refractivity (Wildman–Crippen MR) is 106 cm³/mol. The van der Waals surface area contributed by atoms with E-state index >= 15 is 0 Å². The van der Waals surface area contributed by atoms with E-state index < -0.39 is 0 Å². The summed E-state index contributed by atoms with van der Waals surface area (Å²) < 4.78 is 21.0. The highest BCUT2D eigenvalue weighted by Crippen LogP contribution is 2.33. The van der Waals surface area contributed by atoms with Crippen LogP contribution in [0.25, 0.3) is 16.8 Å². The third-order valence-electron chi connectivity index (χ3n) is 6.23. The number of ether oxygens (including phenoxy) is 1. The van der Waals surface area contributed by atoms with E-state index in [0.717, 1.165) is 41.6 Å². The van der Waals surface area contributed by atoms with E-state index in [-0.39, 0.29) is 5.82 Å². The summed E-state index contributed by atoms with van der Waals surface area (Å²) in [5, 5.41) is 4.78. The summed E-state index contributed by atoms with van der Waals surface area (Å²) in [6.07, 6.45) is 8.31. The Balaban J connectivity index is 1.45. The van der Waals surface area contributed by atoms with Crippen molar-refractivity contribution in [1.82, 2.24) is 19.5 Å². The molecule has 5 nitrogen and oxygen atoms in total. The van der Waals surface area contributed by atoms with Crippen LogP contribution in [0.15, 0.2) is 36.5 Å². The molecular formula is C22H25FN4O. The van der Waals surface area contributed by atoms with Crippen molar-refractivity contribution < 1.29 is 9.13 Å². The zero-order valence-corrected chi connectivity index (χ0v) is 16.1. The van der Waals surface area contributed by atoms with E-state index in [9.17, 15) is 4.39 Å². The number of piperidine rings is 1. The summed E-state index contributed by atoms with van der Waals surface area (Å²) in [5.74, 6) is 1.67. The van der Waals surface area contributed by atoms with Crippen molar-refractivity contribution >= 4 is 5.65 Å². The quantitative estimate of drug-likeness (QED) is 0.678. The first-order valence-electron chi connectivity index (χ1n) is 10.2. The first-order valence-corrected chi connectivity index (χ1v) is 10.2. The second-order valence-electron chi connectivity index (χ2n) is 7.95. The Hall–Kier alpha value is -2.47. The first-order chi connectivity index (χ1) is 13.7. The maximum atomic E-state index is 13.8. The van der Waals surface area contributed by atoms with Gasteiger partial charge >= 0.3 is 0 Å². The van der Waals surface area contributed by atoms with Crippen LogP contribution in [0.5, 0.6) is 5.75 Å². The van der Waals surface area contributed by atoms with Crippen LogP contribution in [0.1, 0.15) is 43.8 Å². The van der Waals surface area contributed by atoms with Gasteiger partial charge in [-0.15, -0.1) is 0 Å². The molecule has 1 aromatic carbocycles. The molecular weight excluding hydrogens is 355 g/mol. The van der Waals surface area contributed by atoms with Crippen LogP contribution in [0.3, 0.4) is 0 Å². The Kier molecular flexibility index (Phi) is 4.51. The molecule has 146 valence electrons. The van der Waals surface area contributed by atoms with Crippen LogP contribution in [-0.4, -0.2) is 45.7 Å². The molecule has 0 N–H and O–H groups in total. The van der Waals surface area contributed by atoms with Crippen LogP contribution >= 0.6 is 0 Å². The number of hydrogen-bond donors (Lipinski definition) is 0. The highest BCUT2D eigenvalue weighted by atomic mass is 19.1. The molecule has 3 heterocycles. The average Bonchev–Trinajstić information content (AvgIpc) is 3.10. The number of nitrogens with zero attached hydrogens (tertiary/aromatic N) is 4. The largest absolute Gasteiger partial charge is 0.496 e. The van der Waals surface area contributed by atoms with Gasteiger partial charge in [0.15, 0.2) is 11.5 Å². The van der Waals surface area contributed by atoms with Crippen LogP contribution in [-0.2, 0) is 0 Å². The minimum atomic E-state index is -0.284. The fourth-order valence-electron chi connectivity index (χ4n) is 4.44. The van der Waals surface area contributed by atoms with E-state index in [1.54, 1.807) is 13.2 Å². The maximum absolute atomic E-state index is 13.8. The molecule has 0 radical (unpaired) electrons. The molecule has 28 heavy (non-hydrogen) atoms. The highest BCUT2D eigenvalue weighted by Gasteiger charge is 2.31. The van der Waals surface area contributed by atoms with Crippen LogP contribution in [0, 0.1) is 5.82 Å². The summed E-state index contributed by atoms with van der Waals surface area (Å²) >= 11 is 0. The fraction of sp³-hybridized carbons (Fsp3) is 0.455. The number of pyridine rings is 1. The van der Waals surface area contributed by atoms with Gasteiger partial charge in [-0.1, -0.05) is 6.42 Å². The molecule has 2 aliphatic rings. The minimum Gasteiger partial charge on any atom is -0.496 e. The standard InChI is InChI=1S/C22H25FN4O/c1-28-20-9-8-17(23)12-19(20)15-7-10-21-24-22(25-27(21)14-15)16-4-3-11-26(13-16)18-5-2-6-18/h7-10,12,14,16,18H,2-6,11,13H2,1H3. The van der Waals surface area contributed by atoms with E-state index in [1.807, 2.05) is 22.8 Å². The summed E-state index contributed by atoms with van der Waals surface area (Å²) in [7, 11) is 1.60. The van der Waals surface area contributed by atoms with Gasteiger partial charge in [0.2, 0.25) is 0 Å². The van der Waals surface area contributed by atoms with Crippen molar-refractivity contribution in [3.05, 3.63) is 48.2 Å². The molecule has 2 aromatic heterocycles. The Bertz CT molecular complexity index is 997. The number of rotatable bonds is 4. The van der Waals surface area contributed by atoms with Gasteiger partial charge in [-0.2, -0.15) is 5.10 Å². The van der Waals surface area contributed by atoms with Gasteiger partial charge in [-0.25, -0.2) is 13.9 Å². The molecule has 1 atom stereocenters. The Morgan fingerprint density at radius 1 is 1.11 bits per heavy atom. The molecule has 1 unspecified atom stereocenters. The molecule has 1 aliphatic carbocycles. The Morgan fingerprint density at radius 2 is 2.00 bits per heavy atom. The normalized spacial score (nSPS) is 21.0. The molecule has 1 saturated carbocycles. The van der Waals surface area contributed by atoms with Gasteiger partial charge in [0, 0.05) is 35.8 Å². The fourth-order valence-corrected chi connectivity index (χ4v) is 4.44. The van der Waals surface area contributed by atoms with E-state index in [0.29, 0.717) is 11.7 Å². The molecule has 0 amide bonds. The number of fused-ring (bicyclic) bond motifs is 1. The maximum Gasteiger partial charge on any atom is 0.156 e. The number of halogens is 1. The first kappa shape index (κ1) is 17.6. The molecule has 0 bridgehead atoms. The summed E-state index contributed by atoms with van der Waals surface area (Å²) in [5.41, 5.74) is 2.41. The zero-order valence-electron chi connectivity index (χ0n) is 16.1. The molecule has 2 fully saturated rings. The number of benzene rings is 1. The second-order valence-corrected chi connectivity index (χ2v) is 7.95. The lowest BCUT2D eigenvalue weighted by Crippen LogP contribution is -2.45. The van der Waals surface area contributed by atoms with Crippen molar-refractivity contribution in [1.29, 1.82) is 0 Å². The molecule has 0 spiro atoms. The number of methoxy groups -OCH3 is 1. The summed E-state index contributed by atoms with van der Waals surface area (Å²) in [6.45, 7) is 2.27. The third-order valence-corrected chi connectivity index (χ3v) is 6.23. The van der Waals surface area contributed by atoms with Crippen LogP contribution in [0.4, 0.5) is 4.39 Å². The molecule has 3 aromatic rings. The van der Waals surface area contributed by atoms with E-state index in [4.69, 9.17) is 14.8 Å². The number of likely N-dealkylation sites (tertiary alicyclic amines) is 1. The lowest BCUT2D eigenvalue weighted by Gasteiger charge is -2.41. The summed E-state index contributed by atoms with van der Waals surface area (Å²) in [4.78, 5) is 7.42. The van der Waals surface area contributed by atoms with Gasteiger partial charge in [0.25, 0.3) is 0 Å².